The van der Waals surface area contributed by atoms with Crippen LogP contribution in [0.2, 0.25) is 0 Å². The van der Waals surface area contributed by atoms with Crippen LogP contribution in [0.1, 0.15) is 6.42 Å². The van der Waals surface area contributed by atoms with Crippen molar-refractivity contribution in [2.45, 2.75) is 10.2 Å². The van der Waals surface area contributed by atoms with Gasteiger partial charge in [-0.3, -0.25) is 0 Å². The summed E-state index contributed by atoms with van der Waals surface area (Å²) in [6.45, 7) is 0. The van der Waals surface area contributed by atoms with Crippen LogP contribution in [-0.2, 0) is 0 Å². The lowest BCUT2D eigenvalue weighted by Crippen LogP contribution is -2.16. The molecule has 1 aliphatic rings. The summed E-state index contributed by atoms with van der Waals surface area (Å²) in [5.41, 5.74) is 0. The summed E-state index contributed by atoms with van der Waals surface area (Å²) in [5, 5.41) is 0. The minimum Gasteiger partial charge on any atom is -0.0838 e. The third-order valence-electron chi connectivity index (χ3n) is 1.40. The summed E-state index contributed by atoms with van der Waals surface area (Å²) in [4.78, 5) is 0. The Morgan fingerprint density at radius 3 is 2.20 bits per heavy atom. The monoisotopic (exact) mass is 196 g/mol. The maximum absolute atomic E-state index is 5.66. The van der Waals surface area contributed by atoms with Crippen molar-refractivity contribution < 1.29 is 0 Å². The van der Waals surface area contributed by atoms with Crippen molar-refractivity contribution in [2.24, 2.45) is 5.92 Å². The maximum Gasteiger partial charge on any atom is 0.197 e. The molecule has 0 bridgehead atoms. The third-order valence-corrected chi connectivity index (χ3v) is 2.24. The molecule has 0 amide bonds. The number of allylic oxidation sites excluding steroid dienone is 4. The number of hydrogen-bond acceptors (Lipinski definition) is 0. The van der Waals surface area contributed by atoms with E-state index in [-0.39, 0.29) is 5.92 Å². The summed E-state index contributed by atoms with van der Waals surface area (Å²) in [7, 11) is 0. The molecular formula is C7H7Cl3. The van der Waals surface area contributed by atoms with Crippen molar-refractivity contribution in [3.63, 3.8) is 0 Å². The van der Waals surface area contributed by atoms with Crippen molar-refractivity contribution in [1.29, 1.82) is 0 Å². The van der Waals surface area contributed by atoms with Gasteiger partial charge in [-0.05, 0) is 6.42 Å². The summed E-state index contributed by atoms with van der Waals surface area (Å²) >= 11 is 17.0. The van der Waals surface area contributed by atoms with Crippen LogP contribution in [-0.4, -0.2) is 3.79 Å². The Bertz CT molecular complexity index is 164. The maximum atomic E-state index is 5.66. The van der Waals surface area contributed by atoms with Crippen LogP contribution in [0.3, 0.4) is 0 Å². The minimum absolute atomic E-state index is 0.0301. The predicted octanol–water partition coefficient (Wildman–Crippen LogP) is 3.49. The zero-order valence-electron chi connectivity index (χ0n) is 5.23. The molecule has 56 valence electrons. The molecule has 0 radical (unpaired) electrons. The molecule has 1 rings (SSSR count). The summed E-state index contributed by atoms with van der Waals surface area (Å²) < 4.78 is -1.15. The van der Waals surface area contributed by atoms with Crippen LogP contribution < -0.4 is 0 Å². The van der Waals surface area contributed by atoms with Crippen LogP contribution in [0.5, 0.6) is 0 Å². The van der Waals surface area contributed by atoms with Gasteiger partial charge in [0.05, 0.1) is 0 Å². The highest BCUT2D eigenvalue weighted by Gasteiger charge is 2.29. The fourth-order valence-corrected chi connectivity index (χ4v) is 1.31. The van der Waals surface area contributed by atoms with E-state index in [9.17, 15) is 0 Å². The first-order chi connectivity index (χ1) is 4.61. The van der Waals surface area contributed by atoms with Crippen LogP contribution in [0.15, 0.2) is 24.3 Å². The van der Waals surface area contributed by atoms with Crippen molar-refractivity contribution in [1.82, 2.24) is 0 Å². The molecule has 0 aromatic rings. The topological polar surface area (TPSA) is 0 Å². The summed E-state index contributed by atoms with van der Waals surface area (Å²) in [5.74, 6) is 0.0301. The van der Waals surface area contributed by atoms with Gasteiger partial charge in [-0.2, -0.15) is 0 Å². The molecule has 1 aliphatic carbocycles. The molecule has 0 aromatic carbocycles. The number of alkyl halides is 3. The van der Waals surface area contributed by atoms with Crippen LogP contribution in [0, 0.1) is 5.92 Å². The summed E-state index contributed by atoms with van der Waals surface area (Å²) in [6, 6.07) is 0. The quantitative estimate of drug-likeness (QED) is 0.522. The van der Waals surface area contributed by atoms with Crippen molar-refractivity contribution >= 4 is 34.8 Å². The lowest BCUT2D eigenvalue weighted by molar-refractivity contribution is 0.675. The molecule has 0 saturated carbocycles. The molecule has 0 nitrogen and oxygen atoms in total. The molecule has 0 spiro atoms. The number of rotatable bonds is 0. The molecule has 1 unspecified atom stereocenters. The van der Waals surface area contributed by atoms with E-state index < -0.39 is 3.79 Å². The summed E-state index contributed by atoms with van der Waals surface area (Å²) in [6.07, 6.45) is 8.56. The van der Waals surface area contributed by atoms with Crippen LogP contribution in [0.4, 0.5) is 0 Å². The van der Waals surface area contributed by atoms with Gasteiger partial charge in [-0.25, -0.2) is 0 Å². The molecule has 0 N–H and O–H groups in total. The highest BCUT2D eigenvalue weighted by Crippen LogP contribution is 2.38. The van der Waals surface area contributed by atoms with Gasteiger partial charge in [0.25, 0.3) is 0 Å². The predicted molar refractivity (Wildman–Crippen MR) is 46.7 cm³/mol. The Morgan fingerprint density at radius 1 is 1.20 bits per heavy atom. The van der Waals surface area contributed by atoms with Gasteiger partial charge in [0.1, 0.15) is 0 Å². The highest BCUT2D eigenvalue weighted by atomic mass is 35.6. The van der Waals surface area contributed by atoms with Crippen molar-refractivity contribution in [3.05, 3.63) is 24.3 Å². The normalized spacial score (nSPS) is 25.3. The standard InChI is InChI=1S/C7H7Cl3/c8-7(9,10)6-4-2-1-3-5-6/h1-4,6H,5H2. The van der Waals surface area contributed by atoms with Gasteiger partial charge >= 0.3 is 0 Å². The fraction of sp³-hybridized carbons (Fsp3) is 0.429. The smallest absolute Gasteiger partial charge is 0.0838 e. The van der Waals surface area contributed by atoms with E-state index in [1.54, 1.807) is 0 Å². The van der Waals surface area contributed by atoms with Gasteiger partial charge in [0.2, 0.25) is 0 Å². The number of halogens is 3. The lowest BCUT2D eigenvalue weighted by Gasteiger charge is -2.20. The van der Waals surface area contributed by atoms with Gasteiger partial charge in [-0.15, -0.1) is 0 Å². The Balaban J connectivity index is 2.60. The first kappa shape index (κ1) is 8.45. The first-order valence-corrected chi connectivity index (χ1v) is 4.14. The van der Waals surface area contributed by atoms with Gasteiger partial charge < -0.3 is 0 Å². The molecule has 0 fully saturated rings. The third kappa shape index (κ3) is 2.19. The molecule has 0 heterocycles. The second-order valence-electron chi connectivity index (χ2n) is 2.20. The molecule has 0 saturated heterocycles. The molecule has 3 heteroatoms. The first-order valence-electron chi connectivity index (χ1n) is 3.01. The zero-order chi connectivity index (χ0) is 7.61. The van der Waals surface area contributed by atoms with E-state index in [2.05, 4.69) is 0 Å². The second kappa shape index (κ2) is 3.17. The van der Waals surface area contributed by atoms with Gasteiger partial charge in [0, 0.05) is 5.92 Å². The second-order valence-corrected chi connectivity index (χ2v) is 4.57. The van der Waals surface area contributed by atoms with Gasteiger partial charge in [0.15, 0.2) is 3.79 Å². The van der Waals surface area contributed by atoms with E-state index in [0.717, 1.165) is 6.42 Å². The van der Waals surface area contributed by atoms with Crippen LogP contribution in [0.25, 0.3) is 0 Å². The Labute approximate surface area is 75.5 Å². The van der Waals surface area contributed by atoms with E-state index in [0.29, 0.717) is 0 Å². The lowest BCUT2D eigenvalue weighted by atomic mass is 10.0. The fourth-order valence-electron chi connectivity index (χ4n) is 0.823. The van der Waals surface area contributed by atoms with Crippen molar-refractivity contribution in [3.8, 4) is 0 Å². The van der Waals surface area contributed by atoms with E-state index >= 15 is 0 Å². The van der Waals surface area contributed by atoms with E-state index in [1.807, 2.05) is 24.3 Å². The highest BCUT2D eigenvalue weighted by molar-refractivity contribution is 6.67. The minimum atomic E-state index is -1.15. The van der Waals surface area contributed by atoms with E-state index in [1.165, 1.54) is 0 Å². The molecule has 0 aliphatic heterocycles. The van der Waals surface area contributed by atoms with Gasteiger partial charge in [-0.1, -0.05) is 59.1 Å². The molecule has 1 atom stereocenters. The van der Waals surface area contributed by atoms with Crippen molar-refractivity contribution in [2.75, 3.05) is 0 Å². The Morgan fingerprint density at radius 2 is 1.90 bits per heavy atom. The molecule has 10 heavy (non-hydrogen) atoms. The molecule has 0 aromatic heterocycles. The number of hydrogen-bond donors (Lipinski definition) is 0. The largest absolute Gasteiger partial charge is 0.197 e. The average Bonchev–Trinajstić information content (AvgIpc) is 1.88. The van der Waals surface area contributed by atoms with Crippen LogP contribution >= 0.6 is 34.8 Å². The SMILES string of the molecule is ClC(Cl)(Cl)C1C=CC=CC1. The zero-order valence-corrected chi connectivity index (χ0v) is 7.50. The molecular weight excluding hydrogens is 190 g/mol. The Hall–Kier alpha value is 0.350. The van der Waals surface area contributed by atoms with E-state index in [4.69, 9.17) is 34.8 Å². The average molecular weight is 197 g/mol. The Kier molecular flexibility index (Phi) is 2.67.